The quantitative estimate of drug-likeness (QED) is 0.0604. The van der Waals surface area contributed by atoms with E-state index in [2.05, 4.69) is 30.9 Å². The number of H-pyrrole nitrogens is 1. The zero-order valence-electron chi connectivity index (χ0n) is 34.9. The molecule has 0 spiro atoms. The van der Waals surface area contributed by atoms with Crippen LogP contribution < -0.4 is 16.2 Å². The van der Waals surface area contributed by atoms with Gasteiger partial charge in [-0.05, 0) is 85.3 Å². The molecule has 4 aromatic carbocycles. The zero-order chi connectivity index (χ0) is 46.7. The summed E-state index contributed by atoms with van der Waals surface area (Å²) in [7, 11) is -2.47. The average Bonchev–Trinajstić information content (AvgIpc) is 3.68. The minimum atomic E-state index is -4.89. The van der Waals surface area contributed by atoms with Crippen LogP contribution in [0.25, 0.3) is 10.8 Å². The first kappa shape index (κ1) is 46.2. The number of Topliss-reactive ketones (excluding diaryl/α,β-unsaturated/α-hetero) is 1. The predicted molar refractivity (Wildman–Crippen MR) is 229 cm³/mol. The number of rotatable bonds is 17. The SMILES string of the molecule is Cn1ncnc1[C@H]1c2n[nH]c(=O)c3cc(F)cc(c23)N[C@@H]1c1ccc(CC(=O)CCOCCCCc2ccc(S(=O)(=O)C[C@](C)(O)C(=O)Nc3ccc(C#N)c(C(F)(F)F)c3)cc2)cc1. The Morgan fingerprint density at radius 3 is 2.40 bits per heavy atom. The number of aromatic amines is 1. The molecule has 338 valence electrons. The number of amides is 1. The minimum Gasteiger partial charge on any atom is -0.381 e. The molecule has 0 fully saturated rings. The van der Waals surface area contributed by atoms with Crippen molar-refractivity contribution in [2.45, 2.75) is 67.7 Å². The molecule has 3 heterocycles. The summed E-state index contributed by atoms with van der Waals surface area (Å²) in [4.78, 5) is 42.5. The number of hydrogen-bond acceptors (Lipinski definition) is 12. The molecule has 1 amide bonds. The van der Waals surface area contributed by atoms with Gasteiger partial charge in [-0.2, -0.15) is 28.6 Å². The first-order chi connectivity index (χ1) is 30.8. The maximum Gasteiger partial charge on any atom is 0.417 e. The summed E-state index contributed by atoms with van der Waals surface area (Å²) >= 11 is 0. The third-order valence-corrected chi connectivity index (χ3v) is 13.0. The number of nitrogens with one attached hydrogen (secondary N) is 3. The van der Waals surface area contributed by atoms with Gasteiger partial charge in [0.2, 0.25) is 0 Å². The summed E-state index contributed by atoms with van der Waals surface area (Å²) in [5.41, 5.74) is -1.98. The molecule has 3 atom stereocenters. The lowest BCUT2D eigenvalue weighted by Crippen LogP contribution is -2.45. The smallest absolute Gasteiger partial charge is 0.381 e. The first-order valence-electron chi connectivity index (χ1n) is 20.3. The van der Waals surface area contributed by atoms with Gasteiger partial charge in [0, 0.05) is 43.3 Å². The van der Waals surface area contributed by atoms with Crippen molar-refractivity contribution >= 4 is 43.7 Å². The van der Waals surface area contributed by atoms with Gasteiger partial charge in [0.05, 0.1) is 57.5 Å². The Kier molecular flexibility index (Phi) is 13.3. The van der Waals surface area contributed by atoms with Crippen LogP contribution in [0.4, 0.5) is 28.9 Å². The highest BCUT2D eigenvalue weighted by Crippen LogP contribution is 2.46. The second-order valence-electron chi connectivity index (χ2n) is 15.9. The van der Waals surface area contributed by atoms with Crippen LogP contribution in [-0.4, -0.2) is 74.7 Å². The summed E-state index contributed by atoms with van der Waals surface area (Å²) in [6.45, 7) is 1.56. The lowest BCUT2D eigenvalue weighted by Gasteiger charge is -2.33. The fourth-order valence-electron chi connectivity index (χ4n) is 7.75. The Morgan fingerprint density at radius 1 is 1.00 bits per heavy atom. The van der Waals surface area contributed by atoms with Crippen LogP contribution in [0.15, 0.2) is 94.9 Å². The van der Waals surface area contributed by atoms with E-state index in [9.17, 15) is 45.5 Å². The highest BCUT2D eigenvalue weighted by molar-refractivity contribution is 7.91. The van der Waals surface area contributed by atoms with Gasteiger partial charge in [-0.25, -0.2) is 22.9 Å². The van der Waals surface area contributed by atoms with E-state index in [0.29, 0.717) is 54.5 Å². The summed E-state index contributed by atoms with van der Waals surface area (Å²) in [6.07, 6.45) is -1.12. The van der Waals surface area contributed by atoms with Gasteiger partial charge in [0.1, 0.15) is 23.8 Å². The van der Waals surface area contributed by atoms with E-state index in [-0.39, 0.29) is 41.2 Å². The maximum absolute atomic E-state index is 14.6. The molecule has 1 aliphatic rings. The van der Waals surface area contributed by atoms with Gasteiger partial charge in [0.25, 0.3) is 11.5 Å². The second-order valence-corrected chi connectivity index (χ2v) is 17.9. The van der Waals surface area contributed by atoms with Crippen molar-refractivity contribution < 1.29 is 45.4 Å². The average molecular weight is 915 g/mol. The van der Waals surface area contributed by atoms with E-state index >= 15 is 0 Å². The molecule has 0 saturated heterocycles. The van der Waals surface area contributed by atoms with Gasteiger partial charge < -0.3 is 20.5 Å². The number of aryl methyl sites for hydroxylation is 2. The molecule has 0 saturated carbocycles. The van der Waals surface area contributed by atoms with Crippen LogP contribution in [-0.2, 0) is 50.2 Å². The number of aromatic nitrogens is 5. The predicted octanol–water partition coefficient (Wildman–Crippen LogP) is 6.08. The number of anilines is 2. The maximum atomic E-state index is 14.6. The number of aliphatic hydroxyl groups is 1. The van der Waals surface area contributed by atoms with E-state index in [0.717, 1.165) is 35.7 Å². The van der Waals surface area contributed by atoms with Crippen LogP contribution in [0.5, 0.6) is 0 Å². The normalized spacial score (nSPS) is 15.8. The van der Waals surface area contributed by atoms with Crippen molar-refractivity contribution in [1.82, 2.24) is 25.0 Å². The molecule has 4 N–H and O–H groups in total. The third-order valence-electron chi connectivity index (χ3n) is 11.1. The number of halogens is 4. The number of hydrogen-bond donors (Lipinski definition) is 4. The molecule has 0 radical (unpaired) electrons. The lowest BCUT2D eigenvalue weighted by atomic mass is 9.83. The number of ketones is 1. The lowest BCUT2D eigenvalue weighted by molar-refractivity contribution is -0.138. The number of carbonyl (C=O) groups is 2. The van der Waals surface area contributed by atoms with Gasteiger partial charge in [-0.3, -0.25) is 19.1 Å². The summed E-state index contributed by atoms with van der Waals surface area (Å²) in [6, 6.07) is 19.3. The minimum absolute atomic E-state index is 0.0160. The number of nitriles is 1. The summed E-state index contributed by atoms with van der Waals surface area (Å²) in [5.74, 6) is -2.80. The Morgan fingerprint density at radius 2 is 1.72 bits per heavy atom. The number of sulfone groups is 1. The monoisotopic (exact) mass is 914 g/mol. The molecular formula is C45H42F4N8O7S. The molecule has 0 aliphatic carbocycles. The molecule has 2 aromatic heterocycles. The highest BCUT2D eigenvalue weighted by atomic mass is 32.2. The Hall–Kier alpha value is -6.82. The number of benzene rings is 4. The van der Waals surface area contributed by atoms with Crippen molar-refractivity contribution in [3.05, 3.63) is 141 Å². The standard InChI is InChI=1S/C45H42F4N8O7S/c1-44(61,43(60)53-31-13-12-29(23-50)35(22-31)45(47,48)49)24-65(62,63)33-14-8-26(9-15-33)5-3-4-17-64-18-16-32(58)19-27-6-10-28(11-7-27)39-38(41-51-25-52-57(41)2)40-37-34(42(59)56-55-40)20-30(46)21-36(37)54-39/h6-15,20-22,25,38-39,54,61H,3-5,16-19,24H2,1-2H3,(H,53,60)(H,56,59)/t38-,39-,44+/m1/s1. The molecule has 0 bridgehead atoms. The van der Waals surface area contributed by atoms with Crippen LogP contribution >= 0.6 is 0 Å². The fourth-order valence-corrected chi connectivity index (χ4v) is 9.34. The van der Waals surface area contributed by atoms with Crippen LogP contribution in [0.2, 0.25) is 0 Å². The van der Waals surface area contributed by atoms with Crippen LogP contribution in [0.1, 0.15) is 77.5 Å². The van der Waals surface area contributed by atoms with E-state index in [1.165, 1.54) is 36.7 Å². The molecule has 15 nitrogen and oxygen atoms in total. The highest BCUT2D eigenvalue weighted by Gasteiger charge is 2.39. The van der Waals surface area contributed by atoms with E-state index < -0.39 is 67.7 Å². The zero-order valence-corrected chi connectivity index (χ0v) is 35.8. The largest absolute Gasteiger partial charge is 0.417 e. The van der Waals surface area contributed by atoms with Crippen LogP contribution in [0.3, 0.4) is 0 Å². The molecule has 65 heavy (non-hydrogen) atoms. The third kappa shape index (κ3) is 10.4. The number of alkyl halides is 3. The first-order valence-corrected chi connectivity index (χ1v) is 22.0. The molecular weight excluding hydrogens is 873 g/mol. The van der Waals surface area contributed by atoms with Gasteiger partial charge in [0.15, 0.2) is 15.4 Å². The van der Waals surface area contributed by atoms with Gasteiger partial charge in [-0.15, -0.1) is 0 Å². The van der Waals surface area contributed by atoms with Crippen molar-refractivity contribution in [3.63, 3.8) is 0 Å². The fraction of sp³-hybridized carbons (Fsp3) is 0.311. The molecule has 0 unspecified atom stereocenters. The van der Waals surface area contributed by atoms with Crippen molar-refractivity contribution in [3.8, 4) is 6.07 Å². The Labute approximate surface area is 369 Å². The molecule has 6 aromatic rings. The molecule has 7 rings (SSSR count). The Balaban J connectivity index is 0.848. The van der Waals surface area contributed by atoms with E-state index in [1.807, 2.05) is 24.3 Å². The number of carbonyl (C=O) groups excluding carboxylic acids is 2. The summed E-state index contributed by atoms with van der Waals surface area (Å²) < 4.78 is 88.2. The Bertz CT molecular complexity index is 2970. The van der Waals surface area contributed by atoms with Crippen molar-refractivity contribution in [2.75, 3.05) is 29.6 Å². The van der Waals surface area contributed by atoms with Crippen molar-refractivity contribution in [1.29, 1.82) is 5.26 Å². The van der Waals surface area contributed by atoms with Gasteiger partial charge >= 0.3 is 6.18 Å². The van der Waals surface area contributed by atoms with E-state index in [4.69, 9.17) is 10.00 Å². The topological polar surface area (TPSA) is 222 Å². The number of unbranched alkanes of at least 4 members (excludes halogenated alkanes) is 1. The second kappa shape index (κ2) is 18.7. The number of ether oxygens (including phenoxy) is 1. The van der Waals surface area contributed by atoms with Gasteiger partial charge in [-0.1, -0.05) is 36.4 Å². The summed E-state index contributed by atoms with van der Waals surface area (Å²) in [5, 5.41) is 37.0. The van der Waals surface area contributed by atoms with E-state index in [1.54, 1.807) is 23.9 Å². The number of nitrogens with zero attached hydrogens (tertiary/aromatic N) is 5. The van der Waals surface area contributed by atoms with Crippen molar-refractivity contribution in [2.24, 2.45) is 7.05 Å². The molecule has 20 heteroatoms. The molecule has 1 aliphatic heterocycles. The van der Waals surface area contributed by atoms with Crippen LogP contribution in [0, 0.1) is 17.1 Å².